The first-order valence-electron chi connectivity index (χ1n) is 14.0. The molecule has 0 aromatic rings. The Hall–Kier alpha value is -0.530. The van der Waals surface area contributed by atoms with E-state index in [1.165, 1.54) is 154 Å². The molecular weight excluding hydrogens is 368 g/mol. The van der Waals surface area contributed by atoms with E-state index in [2.05, 4.69) is 6.92 Å². The van der Waals surface area contributed by atoms with Gasteiger partial charge in [-0.05, 0) is 6.42 Å². The smallest absolute Gasteiger partial charge is 0.293 e. The molecule has 0 rings (SSSR count). The minimum absolute atomic E-state index is 0.555. The van der Waals surface area contributed by atoms with Crippen LogP contribution in [-0.4, -0.2) is 13.1 Å². The summed E-state index contributed by atoms with van der Waals surface area (Å²) < 4.78 is 4.71. The summed E-state index contributed by atoms with van der Waals surface area (Å²) in [6, 6.07) is 0. The Kier molecular flexibility index (Phi) is 28.0. The van der Waals surface area contributed by atoms with Gasteiger partial charge in [-0.25, -0.2) is 0 Å². The first-order valence-corrected chi connectivity index (χ1v) is 14.0. The van der Waals surface area contributed by atoms with Crippen LogP contribution in [-0.2, 0) is 9.53 Å². The van der Waals surface area contributed by atoms with E-state index in [9.17, 15) is 4.79 Å². The van der Waals surface area contributed by atoms with Gasteiger partial charge < -0.3 is 4.74 Å². The van der Waals surface area contributed by atoms with Gasteiger partial charge in [0.15, 0.2) is 0 Å². The zero-order valence-electron chi connectivity index (χ0n) is 20.8. The van der Waals surface area contributed by atoms with Crippen LogP contribution in [0.1, 0.15) is 167 Å². The van der Waals surface area contributed by atoms with Gasteiger partial charge in [0.25, 0.3) is 6.47 Å². The SMILES string of the molecule is CCCCCCCCCCCCCCCCCCCCCCCCCCCOC=O. The highest BCUT2D eigenvalue weighted by Gasteiger charge is 1.96. The summed E-state index contributed by atoms with van der Waals surface area (Å²) in [6.07, 6.45) is 35.3. The number of ether oxygens (including phenoxy) is 1. The van der Waals surface area contributed by atoms with Crippen molar-refractivity contribution in [3.63, 3.8) is 0 Å². The van der Waals surface area contributed by atoms with Gasteiger partial charge in [-0.3, -0.25) is 4.79 Å². The van der Waals surface area contributed by atoms with E-state index in [0.717, 1.165) is 6.42 Å². The molecule has 0 amide bonds. The molecule has 0 heterocycles. The maximum absolute atomic E-state index is 10.0. The molecule has 0 bridgehead atoms. The molecule has 0 N–H and O–H groups in total. The number of carbonyl (C=O) groups is 1. The third kappa shape index (κ3) is 27.5. The molecule has 0 saturated carbocycles. The minimum atomic E-state index is 0.555. The molecule has 0 unspecified atom stereocenters. The van der Waals surface area contributed by atoms with Crippen molar-refractivity contribution < 1.29 is 9.53 Å². The van der Waals surface area contributed by atoms with E-state index in [-0.39, 0.29) is 0 Å². The summed E-state index contributed by atoms with van der Waals surface area (Å²) >= 11 is 0. The molecule has 0 saturated heterocycles. The van der Waals surface area contributed by atoms with Gasteiger partial charge in [0.05, 0.1) is 6.61 Å². The molecule has 0 spiro atoms. The van der Waals surface area contributed by atoms with Gasteiger partial charge in [0.2, 0.25) is 0 Å². The van der Waals surface area contributed by atoms with Gasteiger partial charge in [-0.2, -0.15) is 0 Å². The molecule has 0 aromatic carbocycles. The van der Waals surface area contributed by atoms with E-state index in [4.69, 9.17) is 4.74 Å². The molecule has 0 fully saturated rings. The van der Waals surface area contributed by atoms with E-state index in [0.29, 0.717) is 13.1 Å². The fourth-order valence-corrected chi connectivity index (χ4v) is 4.37. The van der Waals surface area contributed by atoms with E-state index in [1.807, 2.05) is 0 Å². The molecule has 30 heavy (non-hydrogen) atoms. The average molecular weight is 425 g/mol. The number of hydrogen-bond acceptors (Lipinski definition) is 2. The number of unbranched alkanes of at least 4 members (excludes halogenated alkanes) is 24. The molecule has 0 aliphatic rings. The van der Waals surface area contributed by atoms with Crippen molar-refractivity contribution >= 4 is 6.47 Å². The van der Waals surface area contributed by atoms with E-state index in [1.54, 1.807) is 0 Å². The Morgan fingerprint density at radius 1 is 0.400 bits per heavy atom. The van der Waals surface area contributed by atoms with Gasteiger partial charge in [0.1, 0.15) is 0 Å². The largest absolute Gasteiger partial charge is 0.468 e. The Bertz CT molecular complexity index is 303. The van der Waals surface area contributed by atoms with Crippen molar-refractivity contribution in [2.24, 2.45) is 0 Å². The fourth-order valence-electron chi connectivity index (χ4n) is 4.37. The van der Waals surface area contributed by atoms with E-state index >= 15 is 0 Å². The van der Waals surface area contributed by atoms with Crippen molar-refractivity contribution in [1.82, 2.24) is 0 Å². The van der Waals surface area contributed by atoms with E-state index < -0.39 is 0 Å². The lowest BCUT2D eigenvalue weighted by molar-refractivity contribution is -0.128. The molecular formula is C28H56O2. The molecule has 2 heteroatoms. The van der Waals surface area contributed by atoms with Crippen LogP contribution >= 0.6 is 0 Å². The second-order valence-electron chi connectivity index (χ2n) is 9.45. The Balaban J connectivity index is 2.98. The first kappa shape index (κ1) is 29.5. The van der Waals surface area contributed by atoms with Gasteiger partial charge in [-0.15, -0.1) is 0 Å². The lowest BCUT2D eigenvalue weighted by Gasteiger charge is -2.04. The van der Waals surface area contributed by atoms with Crippen LogP contribution in [0.25, 0.3) is 0 Å². The second kappa shape index (κ2) is 28.5. The van der Waals surface area contributed by atoms with Crippen LogP contribution in [0.3, 0.4) is 0 Å². The quantitative estimate of drug-likeness (QED) is 0.0968. The van der Waals surface area contributed by atoms with Crippen LogP contribution in [0.5, 0.6) is 0 Å². The standard InChI is InChI=1S/C28H56O2/c1-2-3-4-5-6-7-8-9-10-11-12-13-14-15-16-17-18-19-20-21-22-23-24-25-26-27-30-28-29/h28H,2-27H2,1H3. The lowest BCUT2D eigenvalue weighted by atomic mass is 10.0. The van der Waals surface area contributed by atoms with Crippen molar-refractivity contribution in [3.05, 3.63) is 0 Å². The summed E-state index contributed by atoms with van der Waals surface area (Å²) in [5.41, 5.74) is 0. The summed E-state index contributed by atoms with van der Waals surface area (Å²) in [5, 5.41) is 0. The van der Waals surface area contributed by atoms with Crippen LogP contribution in [0.4, 0.5) is 0 Å². The van der Waals surface area contributed by atoms with Gasteiger partial charge >= 0.3 is 0 Å². The average Bonchev–Trinajstić information content (AvgIpc) is 2.76. The second-order valence-corrected chi connectivity index (χ2v) is 9.45. The van der Waals surface area contributed by atoms with Crippen LogP contribution in [0.15, 0.2) is 0 Å². The van der Waals surface area contributed by atoms with Crippen molar-refractivity contribution in [3.8, 4) is 0 Å². The van der Waals surface area contributed by atoms with Gasteiger partial charge in [-0.1, -0.05) is 161 Å². The number of carbonyl (C=O) groups excluding carboxylic acids is 1. The van der Waals surface area contributed by atoms with Crippen LogP contribution < -0.4 is 0 Å². The summed E-state index contributed by atoms with van der Waals surface area (Å²) in [7, 11) is 0. The fraction of sp³-hybridized carbons (Fsp3) is 0.964. The third-order valence-electron chi connectivity index (χ3n) is 6.43. The number of hydrogen-bond donors (Lipinski definition) is 0. The summed E-state index contributed by atoms with van der Waals surface area (Å²) in [4.78, 5) is 10.0. The predicted molar refractivity (Wildman–Crippen MR) is 133 cm³/mol. The third-order valence-corrected chi connectivity index (χ3v) is 6.43. The van der Waals surface area contributed by atoms with Crippen LogP contribution in [0.2, 0.25) is 0 Å². The zero-order valence-corrected chi connectivity index (χ0v) is 20.8. The first-order chi connectivity index (χ1) is 14.9. The highest BCUT2D eigenvalue weighted by molar-refractivity contribution is 5.36. The predicted octanol–water partition coefficient (Wildman–Crippen LogP) is 9.93. The molecule has 0 atom stereocenters. The van der Waals surface area contributed by atoms with Crippen molar-refractivity contribution in [2.45, 2.75) is 167 Å². The maximum Gasteiger partial charge on any atom is 0.293 e. The van der Waals surface area contributed by atoms with Crippen molar-refractivity contribution in [2.75, 3.05) is 6.61 Å². The normalized spacial score (nSPS) is 11.1. The van der Waals surface area contributed by atoms with Crippen LogP contribution in [0, 0.1) is 0 Å². The molecule has 0 radical (unpaired) electrons. The molecule has 180 valence electrons. The highest BCUT2D eigenvalue weighted by Crippen LogP contribution is 2.15. The summed E-state index contributed by atoms with van der Waals surface area (Å²) in [5.74, 6) is 0. The molecule has 0 aromatic heterocycles. The van der Waals surface area contributed by atoms with Crippen molar-refractivity contribution in [1.29, 1.82) is 0 Å². The minimum Gasteiger partial charge on any atom is -0.468 e. The number of rotatable bonds is 27. The highest BCUT2D eigenvalue weighted by atomic mass is 16.5. The monoisotopic (exact) mass is 424 g/mol. The Morgan fingerprint density at radius 2 is 0.633 bits per heavy atom. The van der Waals surface area contributed by atoms with Gasteiger partial charge in [0, 0.05) is 0 Å². The molecule has 0 aliphatic carbocycles. The topological polar surface area (TPSA) is 26.3 Å². The molecule has 0 aliphatic heterocycles. The maximum atomic E-state index is 10.0. The Morgan fingerprint density at radius 3 is 0.867 bits per heavy atom. The zero-order chi connectivity index (χ0) is 21.8. The summed E-state index contributed by atoms with van der Waals surface area (Å²) in [6.45, 7) is 3.45. The lowest BCUT2D eigenvalue weighted by Crippen LogP contribution is -1.91. The molecule has 2 nitrogen and oxygen atoms in total. The Labute approximate surface area is 190 Å².